The molecule has 0 bridgehead atoms. The zero-order valence-corrected chi connectivity index (χ0v) is 14.5. The van der Waals surface area contributed by atoms with E-state index in [1.54, 1.807) is 17.8 Å². The van der Waals surface area contributed by atoms with E-state index in [0.717, 1.165) is 17.7 Å². The predicted molar refractivity (Wildman–Crippen MR) is 94.1 cm³/mol. The third-order valence-electron chi connectivity index (χ3n) is 4.26. The lowest BCUT2D eigenvalue weighted by atomic mass is 9.93. The van der Waals surface area contributed by atoms with Crippen LogP contribution in [0.3, 0.4) is 0 Å². The van der Waals surface area contributed by atoms with Gasteiger partial charge in [0, 0.05) is 25.5 Å². The summed E-state index contributed by atoms with van der Waals surface area (Å²) in [4.78, 5) is 11.8. The molecular formula is C18H26N4O2. The second-order valence-electron chi connectivity index (χ2n) is 6.49. The lowest BCUT2D eigenvalue weighted by molar-refractivity contribution is 0.0166. The lowest BCUT2D eigenvalue weighted by Gasteiger charge is -2.27. The van der Waals surface area contributed by atoms with Gasteiger partial charge in [-0.05, 0) is 43.0 Å². The van der Waals surface area contributed by atoms with Gasteiger partial charge in [0.2, 0.25) is 0 Å². The molecular weight excluding hydrogens is 304 g/mol. The maximum absolute atomic E-state index is 11.8. The topological polar surface area (TPSA) is 79.2 Å². The minimum absolute atomic E-state index is 0.0751. The molecule has 1 heterocycles. The second kappa shape index (κ2) is 7.97. The first-order chi connectivity index (χ1) is 11.4. The Morgan fingerprint density at radius 3 is 2.58 bits per heavy atom. The molecule has 0 saturated heterocycles. The van der Waals surface area contributed by atoms with E-state index in [1.165, 1.54) is 0 Å². The molecule has 24 heavy (non-hydrogen) atoms. The minimum Gasteiger partial charge on any atom is -0.388 e. The smallest absolute Gasteiger partial charge is 0.314 e. The first kappa shape index (κ1) is 18.0. The minimum atomic E-state index is -0.903. The SMILES string of the molecule is CC(C)C(C)(O)CNC(=O)NCCc1ccc(-n2cccn2)cc1. The molecule has 0 radical (unpaired) electrons. The molecule has 3 N–H and O–H groups in total. The van der Waals surface area contributed by atoms with E-state index in [9.17, 15) is 9.90 Å². The fourth-order valence-electron chi connectivity index (χ4n) is 2.08. The van der Waals surface area contributed by atoms with E-state index in [4.69, 9.17) is 0 Å². The third-order valence-corrected chi connectivity index (χ3v) is 4.26. The van der Waals surface area contributed by atoms with Crippen LogP contribution in [-0.2, 0) is 6.42 Å². The van der Waals surface area contributed by atoms with Gasteiger partial charge >= 0.3 is 6.03 Å². The molecule has 0 fully saturated rings. The van der Waals surface area contributed by atoms with Crippen molar-refractivity contribution in [2.45, 2.75) is 32.8 Å². The van der Waals surface area contributed by atoms with Crippen LogP contribution in [0.25, 0.3) is 5.69 Å². The molecule has 2 rings (SSSR count). The highest BCUT2D eigenvalue weighted by Crippen LogP contribution is 2.14. The van der Waals surface area contributed by atoms with Crippen molar-refractivity contribution >= 4 is 6.03 Å². The Kier molecular flexibility index (Phi) is 5.98. The van der Waals surface area contributed by atoms with Gasteiger partial charge in [-0.1, -0.05) is 26.0 Å². The summed E-state index contributed by atoms with van der Waals surface area (Å²) in [7, 11) is 0. The van der Waals surface area contributed by atoms with Crippen LogP contribution in [0.4, 0.5) is 4.79 Å². The number of hydrogen-bond donors (Lipinski definition) is 3. The fourth-order valence-corrected chi connectivity index (χ4v) is 2.08. The molecule has 2 aromatic rings. The quantitative estimate of drug-likeness (QED) is 0.727. The number of nitrogens with zero attached hydrogens (tertiary/aromatic N) is 2. The van der Waals surface area contributed by atoms with Gasteiger partial charge in [0.25, 0.3) is 0 Å². The number of rotatable bonds is 7. The van der Waals surface area contributed by atoms with E-state index in [2.05, 4.69) is 15.7 Å². The highest BCUT2D eigenvalue weighted by molar-refractivity contribution is 5.73. The summed E-state index contributed by atoms with van der Waals surface area (Å²) in [5.41, 5.74) is 1.24. The number of carbonyl (C=O) groups is 1. The molecule has 0 spiro atoms. The van der Waals surface area contributed by atoms with Gasteiger partial charge in [-0.15, -0.1) is 0 Å². The molecule has 1 unspecified atom stereocenters. The Balaban J connectivity index is 1.73. The van der Waals surface area contributed by atoms with E-state index < -0.39 is 5.60 Å². The number of amides is 2. The van der Waals surface area contributed by atoms with Crippen molar-refractivity contribution in [2.75, 3.05) is 13.1 Å². The summed E-state index contributed by atoms with van der Waals surface area (Å²) < 4.78 is 1.80. The van der Waals surface area contributed by atoms with Crippen molar-refractivity contribution in [3.8, 4) is 5.69 Å². The summed E-state index contributed by atoms with van der Waals surface area (Å²) in [6.07, 6.45) is 4.38. The van der Waals surface area contributed by atoms with Crippen molar-refractivity contribution in [2.24, 2.45) is 5.92 Å². The average molecular weight is 330 g/mol. The van der Waals surface area contributed by atoms with Crippen molar-refractivity contribution in [1.29, 1.82) is 0 Å². The Labute approximate surface area is 142 Å². The highest BCUT2D eigenvalue weighted by atomic mass is 16.3. The summed E-state index contributed by atoms with van der Waals surface area (Å²) in [5.74, 6) is 0.0751. The molecule has 0 saturated carbocycles. The molecule has 6 nitrogen and oxygen atoms in total. The monoisotopic (exact) mass is 330 g/mol. The fraction of sp³-hybridized carbons (Fsp3) is 0.444. The number of carbonyl (C=O) groups excluding carboxylic acids is 1. The van der Waals surface area contributed by atoms with Crippen LogP contribution in [0.2, 0.25) is 0 Å². The van der Waals surface area contributed by atoms with Crippen LogP contribution >= 0.6 is 0 Å². The number of aromatic nitrogens is 2. The van der Waals surface area contributed by atoms with Gasteiger partial charge in [0.1, 0.15) is 0 Å². The Morgan fingerprint density at radius 1 is 1.29 bits per heavy atom. The molecule has 1 atom stereocenters. The first-order valence-electron chi connectivity index (χ1n) is 8.21. The summed E-state index contributed by atoms with van der Waals surface area (Å²) in [6.45, 7) is 6.34. The summed E-state index contributed by atoms with van der Waals surface area (Å²) >= 11 is 0. The number of aliphatic hydroxyl groups is 1. The number of nitrogens with one attached hydrogen (secondary N) is 2. The normalized spacial score (nSPS) is 13.5. The Hall–Kier alpha value is -2.34. The highest BCUT2D eigenvalue weighted by Gasteiger charge is 2.25. The van der Waals surface area contributed by atoms with E-state index in [-0.39, 0.29) is 18.5 Å². The molecule has 2 amide bonds. The van der Waals surface area contributed by atoms with Crippen LogP contribution in [-0.4, -0.2) is 39.6 Å². The number of hydrogen-bond acceptors (Lipinski definition) is 3. The molecule has 1 aromatic carbocycles. The zero-order valence-electron chi connectivity index (χ0n) is 14.5. The standard InChI is InChI=1S/C18H26N4O2/c1-14(2)18(3,24)13-20-17(23)19-11-9-15-5-7-16(8-6-15)22-12-4-10-21-22/h4-8,10,12,14,24H,9,11,13H2,1-3H3,(H2,19,20,23). The lowest BCUT2D eigenvalue weighted by Crippen LogP contribution is -2.47. The Morgan fingerprint density at radius 2 is 2.00 bits per heavy atom. The predicted octanol–water partition coefficient (Wildman–Crippen LogP) is 2.12. The first-order valence-corrected chi connectivity index (χ1v) is 8.21. The molecule has 1 aromatic heterocycles. The summed E-state index contributed by atoms with van der Waals surface area (Å²) in [6, 6.07) is 9.68. The van der Waals surface area contributed by atoms with E-state index in [1.807, 2.05) is 50.4 Å². The Bertz CT molecular complexity index is 634. The van der Waals surface area contributed by atoms with Crippen LogP contribution in [0.1, 0.15) is 26.3 Å². The molecule has 0 aliphatic rings. The molecule has 0 aliphatic heterocycles. The zero-order chi connectivity index (χ0) is 17.6. The van der Waals surface area contributed by atoms with E-state index in [0.29, 0.717) is 6.54 Å². The molecule has 6 heteroatoms. The van der Waals surface area contributed by atoms with Crippen molar-refractivity contribution < 1.29 is 9.90 Å². The number of urea groups is 1. The largest absolute Gasteiger partial charge is 0.388 e. The summed E-state index contributed by atoms with van der Waals surface area (Å²) in [5, 5.41) is 19.8. The van der Waals surface area contributed by atoms with Crippen LogP contribution in [0.5, 0.6) is 0 Å². The van der Waals surface area contributed by atoms with Gasteiger partial charge in [0.15, 0.2) is 0 Å². The van der Waals surface area contributed by atoms with Crippen LogP contribution in [0, 0.1) is 5.92 Å². The molecule has 130 valence electrons. The van der Waals surface area contributed by atoms with E-state index >= 15 is 0 Å². The van der Waals surface area contributed by atoms with Gasteiger partial charge < -0.3 is 15.7 Å². The van der Waals surface area contributed by atoms with Gasteiger partial charge in [-0.2, -0.15) is 5.10 Å². The number of benzene rings is 1. The average Bonchev–Trinajstić information content (AvgIpc) is 3.08. The second-order valence-corrected chi connectivity index (χ2v) is 6.49. The van der Waals surface area contributed by atoms with Gasteiger partial charge in [-0.25, -0.2) is 9.48 Å². The van der Waals surface area contributed by atoms with Gasteiger partial charge in [-0.3, -0.25) is 0 Å². The maximum atomic E-state index is 11.8. The maximum Gasteiger partial charge on any atom is 0.314 e. The van der Waals surface area contributed by atoms with Crippen molar-refractivity contribution in [1.82, 2.24) is 20.4 Å². The van der Waals surface area contributed by atoms with Crippen molar-refractivity contribution in [3.63, 3.8) is 0 Å². The van der Waals surface area contributed by atoms with Crippen LogP contribution < -0.4 is 10.6 Å². The van der Waals surface area contributed by atoms with Crippen LogP contribution in [0.15, 0.2) is 42.7 Å². The third kappa shape index (κ3) is 5.09. The van der Waals surface area contributed by atoms with Crippen molar-refractivity contribution in [3.05, 3.63) is 48.3 Å². The molecule has 0 aliphatic carbocycles. The van der Waals surface area contributed by atoms with Gasteiger partial charge in [0.05, 0.1) is 11.3 Å².